The minimum absolute atomic E-state index is 0.302. The molecule has 1 aliphatic carbocycles. The largest absolute Gasteiger partial charge is 0.342 e. The summed E-state index contributed by atoms with van der Waals surface area (Å²) < 4.78 is 4.66. The van der Waals surface area contributed by atoms with Gasteiger partial charge in [-0.1, -0.05) is 36.4 Å². The summed E-state index contributed by atoms with van der Waals surface area (Å²) in [5, 5.41) is 11.7. The van der Waals surface area contributed by atoms with Crippen molar-refractivity contribution in [2.45, 2.75) is 13.8 Å². The first-order chi connectivity index (χ1) is 7.68. The second kappa shape index (κ2) is 4.26. The highest BCUT2D eigenvalue weighted by molar-refractivity contribution is 6.11. The van der Waals surface area contributed by atoms with E-state index in [4.69, 9.17) is 5.41 Å². The Labute approximate surface area is 93.9 Å². The fraction of sp³-hybridized carbons (Fsp3) is 0.250. The molecule has 0 aromatic carbocycles. The molecule has 1 unspecified atom stereocenters. The summed E-state index contributed by atoms with van der Waals surface area (Å²) >= 11 is 0. The molecule has 1 aliphatic rings. The Morgan fingerprint density at radius 2 is 2.31 bits per heavy atom. The van der Waals surface area contributed by atoms with Crippen LogP contribution in [0.3, 0.4) is 0 Å². The second-order valence-corrected chi connectivity index (χ2v) is 3.80. The number of hydrogen-bond acceptors (Lipinski definition) is 4. The number of allylic oxidation sites excluding steroid dienone is 6. The zero-order chi connectivity index (χ0) is 11.5. The fourth-order valence-electron chi connectivity index (χ4n) is 1.60. The van der Waals surface area contributed by atoms with Crippen LogP contribution in [-0.2, 0) is 0 Å². The van der Waals surface area contributed by atoms with Crippen molar-refractivity contribution < 1.29 is 4.52 Å². The maximum absolute atomic E-state index is 8.04. The van der Waals surface area contributed by atoms with E-state index in [0.717, 1.165) is 11.1 Å². The van der Waals surface area contributed by atoms with Crippen molar-refractivity contribution >= 4 is 5.71 Å². The Balaban J connectivity index is 2.36. The molecule has 82 valence electrons. The molecule has 0 fully saturated rings. The molecule has 1 aromatic heterocycles. The molecule has 0 spiro atoms. The minimum atomic E-state index is 0.302. The molecule has 2 rings (SSSR count). The lowest BCUT2D eigenvalue weighted by molar-refractivity contribution is 0.415. The van der Waals surface area contributed by atoms with Crippen molar-refractivity contribution in [3.63, 3.8) is 0 Å². The van der Waals surface area contributed by atoms with Gasteiger partial charge in [0, 0.05) is 5.57 Å². The van der Waals surface area contributed by atoms with E-state index in [0.29, 0.717) is 17.5 Å². The first-order valence-electron chi connectivity index (χ1n) is 5.11. The van der Waals surface area contributed by atoms with Gasteiger partial charge in [0.25, 0.3) is 0 Å². The quantitative estimate of drug-likeness (QED) is 0.771. The van der Waals surface area contributed by atoms with Gasteiger partial charge >= 0.3 is 0 Å². The normalized spacial score (nSPS) is 20.0. The van der Waals surface area contributed by atoms with Gasteiger partial charge in [-0.15, -0.1) is 0 Å². The van der Waals surface area contributed by atoms with Gasteiger partial charge in [-0.2, -0.15) is 4.98 Å². The molecular weight excluding hydrogens is 202 g/mol. The Bertz CT molecular complexity index is 480. The molecule has 0 amide bonds. The average molecular weight is 215 g/mol. The van der Waals surface area contributed by atoms with E-state index in [2.05, 4.69) is 27.7 Å². The van der Waals surface area contributed by atoms with E-state index < -0.39 is 0 Å². The van der Waals surface area contributed by atoms with E-state index in [1.54, 1.807) is 0 Å². The minimum Gasteiger partial charge on any atom is -0.342 e. The third kappa shape index (κ3) is 2.00. The Morgan fingerprint density at radius 1 is 1.50 bits per heavy atom. The number of nitrogens with zero attached hydrogens (tertiary/aromatic N) is 2. The smallest absolute Gasteiger partial charge is 0.220 e. The number of aromatic nitrogens is 2. The molecular formula is C12H13N3O. The lowest BCUT2D eigenvalue weighted by Gasteiger charge is -2.07. The third-order valence-electron chi connectivity index (χ3n) is 2.47. The number of rotatable bonds is 2. The maximum Gasteiger partial charge on any atom is 0.220 e. The topological polar surface area (TPSA) is 62.8 Å². The highest BCUT2D eigenvalue weighted by atomic mass is 16.5. The van der Waals surface area contributed by atoms with Crippen LogP contribution in [0.4, 0.5) is 0 Å². The summed E-state index contributed by atoms with van der Waals surface area (Å²) in [6.07, 6.45) is 9.35. The summed E-state index contributed by atoms with van der Waals surface area (Å²) in [6.45, 7) is 4.05. The summed E-state index contributed by atoms with van der Waals surface area (Å²) in [5.41, 5.74) is 2.20. The SMILES string of the molecule is CC1=CC=CC(C)C=C1C(=N)c1ncon1. The van der Waals surface area contributed by atoms with Crippen LogP contribution < -0.4 is 0 Å². The molecule has 1 N–H and O–H groups in total. The van der Waals surface area contributed by atoms with E-state index in [1.807, 2.05) is 25.2 Å². The van der Waals surface area contributed by atoms with Crippen LogP contribution in [0.5, 0.6) is 0 Å². The van der Waals surface area contributed by atoms with Gasteiger partial charge in [0.1, 0.15) is 5.71 Å². The predicted molar refractivity (Wildman–Crippen MR) is 61.3 cm³/mol. The van der Waals surface area contributed by atoms with Crippen LogP contribution in [0.15, 0.2) is 46.4 Å². The van der Waals surface area contributed by atoms with Crippen LogP contribution in [0.25, 0.3) is 0 Å². The second-order valence-electron chi connectivity index (χ2n) is 3.80. The molecule has 4 heteroatoms. The van der Waals surface area contributed by atoms with Gasteiger partial charge in [-0.3, -0.25) is 5.41 Å². The van der Waals surface area contributed by atoms with Gasteiger partial charge in [-0.05, 0) is 18.4 Å². The Kier molecular flexibility index (Phi) is 2.81. The summed E-state index contributed by atoms with van der Waals surface area (Å²) in [6, 6.07) is 0. The number of hydrogen-bond donors (Lipinski definition) is 1. The van der Waals surface area contributed by atoms with E-state index in [1.165, 1.54) is 6.39 Å². The first-order valence-corrected chi connectivity index (χ1v) is 5.11. The Morgan fingerprint density at radius 3 is 3.00 bits per heavy atom. The van der Waals surface area contributed by atoms with Crippen molar-refractivity contribution in [2.24, 2.45) is 5.92 Å². The van der Waals surface area contributed by atoms with E-state index in [-0.39, 0.29) is 0 Å². The molecule has 0 radical (unpaired) electrons. The van der Waals surface area contributed by atoms with E-state index >= 15 is 0 Å². The zero-order valence-electron chi connectivity index (χ0n) is 9.27. The standard InChI is InChI=1S/C12H13N3O/c1-8-4-3-5-9(2)10(6-8)11(13)12-14-7-16-15-12/h3-8,13H,1-2H3. The molecule has 0 aliphatic heterocycles. The molecule has 0 saturated carbocycles. The third-order valence-corrected chi connectivity index (χ3v) is 2.47. The van der Waals surface area contributed by atoms with Crippen molar-refractivity contribution in [2.75, 3.05) is 0 Å². The molecule has 0 bridgehead atoms. The molecule has 0 saturated heterocycles. The summed E-state index contributed by atoms with van der Waals surface area (Å²) in [5.74, 6) is 0.629. The van der Waals surface area contributed by atoms with Crippen LogP contribution in [0.1, 0.15) is 19.7 Å². The number of nitrogens with one attached hydrogen (secondary N) is 1. The van der Waals surface area contributed by atoms with Gasteiger partial charge in [0.2, 0.25) is 12.2 Å². The first kappa shape index (κ1) is 10.5. The Hall–Kier alpha value is -1.97. The monoisotopic (exact) mass is 215 g/mol. The van der Waals surface area contributed by atoms with Gasteiger partial charge in [0.05, 0.1) is 0 Å². The van der Waals surface area contributed by atoms with Gasteiger partial charge in [-0.25, -0.2) is 0 Å². The average Bonchev–Trinajstić information content (AvgIpc) is 2.72. The zero-order valence-corrected chi connectivity index (χ0v) is 9.27. The van der Waals surface area contributed by atoms with Gasteiger partial charge < -0.3 is 4.52 Å². The summed E-state index contributed by atoms with van der Waals surface area (Å²) in [7, 11) is 0. The molecule has 4 nitrogen and oxygen atoms in total. The molecule has 1 atom stereocenters. The molecule has 1 heterocycles. The maximum atomic E-state index is 8.04. The highest BCUT2D eigenvalue weighted by Crippen LogP contribution is 2.20. The lowest BCUT2D eigenvalue weighted by atomic mass is 9.99. The van der Waals surface area contributed by atoms with Gasteiger partial charge in [0.15, 0.2) is 0 Å². The van der Waals surface area contributed by atoms with Crippen LogP contribution in [-0.4, -0.2) is 15.9 Å². The van der Waals surface area contributed by atoms with Crippen molar-refractivity contribution in [1.82, 2.24) is 10.1 Å². The van der Waals surface area contributed by atoms with Crippen LogP contribution in [0.2, 0.25) is 0 Å². The lowest BCUT2D eigenvalue weighted by Crippen LogP contribution is -2.07. The van der Waals surface area contributed by atoms with E-state index in [9.17, 15) is 0 Å². The highest BCUT2D eigenvalue weighted by Gasteiger charge is 2.15. The van der Waals surface area contributed by atoms with Crippen molar-refractivity contribution in [1.29, 1.82) is 5.41 Å². The van der Waals surface area contributed by atoms with Crippen LogP contribution >= 0.6 is 0 Å². The predicted octanol–water partition coefficient (Wildman–Crippen LogP) is 2.52. The molecule has 16 heavy (non-hydrogen) atoms. The fourth-order valence-corrected chi connectivity index (χ4v) is 1.60. The van der Waals surface area contributed by atoms with Crippen LogP contribution in [0, 0.1) is 11.3 Å². The van der Waals surface area contributed by atoms with Crippen molar-refractivity contribution in [3.8, 4) is 0 Å². The van der Waals surface area contributed by atoms with Crippen molar-refractivity contribution in [3.05, 3.63) is 47.7 Å². The summed E-state index contributed by atoms with van der Waals surface area (Å²) in [4.78, 5) is 3.89. The molecule has 1 aromatic rings.